The number of nitrogens with one attached hydrogen (secondary N) is 1. The van der Waals surface area contributed by atoms with Crippen LogP contribution in [0.15, 0.2) is 12.4 Å². The Bertz CT molecular complexity index is 543. The van der Waals surface area contributed by atoms with Crippen LogP contribution in [0.2, 0.25) is 0 Å². The summed E-state index contributed by atoms with van der Waals surface area (Å²) in [4.78, 5) is 8.55. The van der Waals surface area contributed by atoms with Crippen molar-refractivity contribution in [2.75, 3.05) is 6.54 Å². The quantitative estimate of drug-likeness (QED) is 0.864. The maximum absolute atomic E-state index is 4.38. The summed E-state index contributed by atoms with van der Waals surface area (Å²) >= 11 is 0. The highest BCUT2D eigenvalue weighted by molar-refractivity contribution is 5.30. The lowest BCUT2D eigenvalue weighted by Crippen LogP contribution is -2.33. The van der Waals surface area contributed by atoms with Crippen molar-refractivity contribution in [1.82, 2.24) is 24.9 Å². The number of likely N-dealkylation sites (N-methyl/N-ethyl adjacent to an activating group) is 1. The number of aromatic nitrogens is 4. The van der Waals surface area contributed by atoms with Crippen molar-refractivity contribution >= 4 is 5.78 Å². The Balaban J connectivity index is 1.90. The van der Waals surface area contributed by atoms with Gasteiger partial charge in [0.2, 0.25) is 0 Å². The second kappa shape index (κ2) is 4.65. The molecule has 1 unspecified atom stereocenters. The molecule has 5 nitrogen and oxygen atoms in total. The van der Waals surface area contributed by atoms with Gasteiger partial charge in [-0.15, -0.1) is 0 Å². The molecule has 0 amide bonds. The number of rotatable bonds is 5. The Morgan fingerprint density at radius 3 is 3.06 bits per heavy atom. The lowest BCUT2D eigenvalue weighted by molar-refractivity contribution is 0.464. The molecule has 0 radical (unpaired) electrons. The highest BCUT2D eigenvalue weighted by atomic mass is 15.3. The number of fused-ring (bicyclic) bond motifs is 1. The fraction of sp³-hybridized carbons (Fsp3) is 0.615. The van der Waals surface area contributed by atoms with E-state index < -0.39 is 0 Å². The van der Waals surface area contributed by atoms with E-state index in [9.17, 15) is 0 Å². The first-order valence-corrected chi connectivity index (χ1v) is 6.67. The van der Waals surface area contributed by atoms with Crippen LogP contribution < -0.4 is 5.32 Å². The minimum Gasteiger partial charge on any atom is -0.314 e. The van der Waals surface area contributed by atoms with E-state index in [1.807, 2.05) is 11.4 Å². The largest absolute Gasteiger partial charge is 0.314 e. The fourth-order valence-corrected chi connectivity index (χ4v) is 2.54. The van der Waals surface area contributed by atoms with Gasteiger partial charge >= 0.3 is 0 Å². The first kappa shape index (κ1) is 11.6. The van der Waals surface area contributed by atoms with Crippen molar-refractivity contribution in [2.45, 2.75) is 39.2 Å². The third-order valence-electron chi connectivity index (χ3n) is 3.54. The Labute approximate surface area is 107 Å². The second-order valence-corrected chi connectivity index (χ2v) is 5.07. The standard InChI is InChI=1S/C13H19N5/c1-3-14-12(10-4-5-10)7-11-6-9(2)17-13-15-8-16-18(11)13/h6,8,10,12,14H,3-5,7H2,1-2H3. The van der Waals surface area contributed by atoms with Gasteiger partial charge in [0.25, 0.3) is 5.78 Å². The summed E-state index contributed by atoms with van der Waals surface area (Å²) in [6.45, 7) is 5.20. The van der Waals surface area contributed by atoms with Crippen LogP contribution in [0.5, 0.6) is 0 Å². The molecule has 1 aliphatic carbocycles. The number of nitrogens with zero attached hydrogens (tertiary/aromatic N) is 4. The molecule has 1 fully saturated rings. The fourth-order valence-electron chi connectivity index (χ4n) is 2.54. The average molecular weight is 245 g/mol. The molecule has 0 aromatic carbocycles. The summed E-state index contributed by atoms with van der Waals surface area (Å²) in [6, 6.07) is 2.68. The van der Waals surface area contributed by atoms with Crippen LogP contribution >= 0.6 is 0 Å². The topological polar surface area (TPSA) is 55.1 Å². The number of hydrogen-bond donors (Lipinski definition) is 1. The monoisotopic (exact) mass is 245 g/mol. The van der Waals surface area contributed by atoms with E-state index in [-0.39, 0.29) is 0 Å². The summed E-state index contributed by atoms with van der Waals surface area (Å²) in [6.07, 6.45) is 5.27. The number of hydrogen-bond acceptors (Lipinski definition) is 4. The summed E-state index contributed by atoms with van der Waals surface area (Å²) < 4.78 is 1.86. The SMILES string of the molecule is CCNC(Cc1cc(C)nc2ncnn12)C1CC1. The smallest absolute Gasteiger partial charge is 0.252 e. The van der Waals surface area contributed by atoms with Gasteiger partial charge in [0.05, 0.1) is 0 Å². The van der Waals surface area contributed by atoms with E-state index >= 15 is 0 Å². The normalized spacial score (nSPS) is 17.2. The lowest BCUT2D eigenvalue weighted by Gasteiger charge is -2.17. The summed E-state index contributed by atoms with van der Waals surface area (Å²) in [5.74, 6) is 1.54. The van der Waals surface area contributed by atoms with E-state index in [1.165, 1.54) is 18.5 Å². The van der Waals surface area contributed by atoms with E-state index in [1.54, 1.807) is 6.33 Å². The summed E-state index contributed by atoms with van der Waals surface area (Å²) in [5.41, 5.74) is 2.21. The molecular formula is C13H19N5. The molecule has 1 aliphatic rings. The average Bonchev–Trinajstić information content (AvgIpc) is 3.07. The third-order valence-corrected chi connectivity index (χ3v) is 3.54. The zero-order valence-corrected chi connectivity index (χ0v) is 10.9. The van der Waals surface area contributed by atoms with Gasteiger partial charge in [-0.05, 0) is 38.3 Å². The molecular weight excluding hydrogens is 226 g/mol. The van der Waals surface area contributed by atoms with E-state index in [0.29, 0.717) is 11.8 Å². The van der Waals surface area contributed by atoms with Crippen molar-refractivity contribution < 1.29 is 0 Å². The molecule has 2 aromatic rings. The van der Waals surface area contributed by atoms with Gasteiger partial charge in [-0.2, -0.15) is 10.1 Å². The van der Waals surface area contributed by atoms with Gasteiger partial charge in [-0.1, -0.05) is 6.92 Å². The molecule has 5 heteroatoms. The minimum atomic E-state index is 0.559. The zero-order valence-electron chi connectivity index (χ0n) is 10.9. The minimum absolute atomic E-state index is 0.559. The molecule has 0 bridgehead atoms. The molecule has 1 N–H and O–H groups in total. The van der Waals surface area contributed by atoms with Gasteiger partial charge in [0.15, 0.2) is 0 Å². The Kier molecular flexibility index (Phi) is 2.99. The lowest BCUT2D eigenvalue weighted by atomic mass is 10.1. The highest BCUT2D eigenvalue weighted by Gasteiger charge is 2.31. The molecule has 0 saturated heterocycles. The van der Waals surface area contributed by atoms with Crippen molar-refractivity contribution in [3.8, 4) is 0 Å². The maximum atomic E-state index is 4.38. The van der Waals surface area contributed by atoms with E-state index in [2.05, 4.69) is 33.4 Å². The predicted octanol–water partition coefficient (Wildman–Crippen LogP) is 1.36. The van der Waals surface area contributed by atoms with Gasteiger partial charge in [0, 0.05) is 23.9 Å². The molecule has 2 heterocycles. The van der Waals surface area contributed by atoms with E-state index in [0.717, 1.165) is 24.6 Å². The third kappa shape index (κ3) is 2.22. The second-order valence-electron chi connectivity index (χ2n) is 5.07. The van der Waals surface area contributed by atoms with Gasteiger partial charge in [0.1, 0.15) is 6.33 Å². The van der Waals surface area contributed by atoms with Crippen molar-refractivity contribution in [3.63, 3.8) is 0 Å². The van der Waals surface area contributed by atoms with Crippen LogP contribution in [0.4, 0.5) is 0 Å². The first-order valence-electron chi connectivity index (χ1n) is 6.67. The number of aryl methyl sites for hydroxylation is 1. The van der Waals surface area contributed by atoms with Crippen LogP contribution in [0.1, 0.15) is 31.2 Å². The summed E-state index contributed by atoms with van der Waals surface area (Å²) in [7, 11) is 0. The van der Waals surface area contributed by atoms with Crippen LogP contribution in [-0.2, 0) is 6.42 Å². The molecule has 1 atom stereocenters. The van der Waals surface area contributed by atoms with Crippen molar-refractivity contribution in [1.29, 1.82) is 0 Å². The van der Waals surface area contributed by atoms with Crippen LogP contribution in [0, 0.1) is 12.8 Å². The van der Waals surface area contributed by atoms with Crippen LogP contribution in [0.3, 0.4) is 0 Å². The molecule has 18 heavy (non-hydrogen) atoms. The first-order chi connectivity index (χ1) is 8.78. The zero-order chi connectivity index (χ0) is 12.5. The molecule has 3 rings (SSSR count). The van der Waals surface area contributed by atoms with Gasteiger partial charge in [-0.25, -0.2) is 9.50 Å². The van der Waals surface area contributed by atoms with Crippen molar-refractivity contribution in [3.05, 3.63) is 23.8 Å². The van der Waals surface area contributed by atoms with Crippen LogP contribution in [-0.4, -0.2) is 32.2 Å². The molecule has 0 spiro atoms. The Morgan fingerprint density at radius 2 is 2.33 bits per heavy atom. The van der Waals surface area contributed by atoms with E-state index in [4.69, 9.17) is 0 Å². The Morgan fingerprint density at radius 1 is 1.50 bits per heavy atom. The molecule has 0 aliphatic heterocycles. The molecule has 2 aromatic heterocycles. The Hall–Kier alpha value is -1.49. The molecule has 1 saturated carbocycles. The van der Waals surface area contributed by atoms with Crippen molar-refractivity contribution in [2.24, 2.45) is 5.92 Å². The maximum Gasteiger partial charge on any atom is 0.252 e. The predicted molar refractivity (Wildman–Crippen MR) is 69.4 cm³/mol. The van der Waals surface area contributed by atoms with Crippen LogP contribution in [0.25, 0.3) is 5.78 Å². The highest BCUT2D eigenvalue weighted by Crippen LogP contribution is 2.34. The van der Waals surface area contributed by atoms with Gasteiger partial charge < -0.3 is 5.32 Å². The molecule has 96 valence electrons. The van der Waals surface area contributed by atoms with Gasteiger partial charge in [-0.3, -0.25) is 0 Å². The summed E-state index contributed by atoms with van der Waals surface area (Å²) in [5, 5.41) is 7.86.